The Balaban J connectivity index is 2.04. The second-order valence-corrected chi connectivity index (χ2v) is 5.01. The summed E-state index contributed by atoms with van der Waals surface area (Å²) < 4.78 is 0. The highest BCUT2D eigenvalue weighted by Crippen LogP contribution is 2.25. The van der Waals surface area contributed by atoms with E-state index in [0.717, 1.165) is 6.54 Å². The number of hydrogen-bond donors (Lipinski definition) is 1. The summed E-state index contributed by atoms with van der Waals surface area (Å²) in [4.78, 5) is 2.67. The Bertz CT molecular complexity index is 409. The van der Waals surface area contributed by atoms with Crippen LogP contribution in [0.1, 0.15) is 4.88 Å². The lowest BCUT2D eigenvalue weighted by Crippen LogP contribution is -1.98. The first-order valence-corrected chi connectivity index (χ1v) is 6.90. The van der Waals surface area contributed by atoms with Gasteiger partial charge in [0.1, 0.15) is 0 Å². The third-order valence-corrected chi connectivity index (χ3v) is 3.81. The van der Waals surface area contributed by atoms with Crippen molar-refractivity contribution in [1.29, 1.82) is 0 Å². The zero-order valence-electron chi connectivity index (χ0n) is 8.57. The van der Waals surface area contributed by atoms with Crippen molar-refractivity contribution in [2.24, 2.45) is 0 Å². The minimum Gasteiger partial charge on any atom is -0.379 e. The fourth-order valence-electron chi connectivity index (χ4n) is 1.39. The van der Waals surface area contributed by atoms with Crippen molar-refractivity contribution in [1.82, 2.24) is 0 Å². The average molecular weight is 235 g/mol. The van der Waals surface area contributed by atoms with Crippen LogP contribution in [0.25, 0.3) is 0 Å². The lowest BCUT2D eigenvalue weighted by atomic mass is 10.3. The molecule has 0 saturated heterocycles. The molecule has 2 aromatic rings. The smallest absolute Gasteiger partial charge is 0.0494 e. The molecule has 1 aromatic carbocycles. The Morgan fingerprint density at radius 2 is 2.07 bits per heavy atom. The van der Waals surface area contributed by atoms with E-state index in [0.29, 0.717) is 0 Å². The van der Waals surface area contributed by atoms with E-state index in [1.165, 1.54) is 15.5 Å². The summed E-state index contributed by atoms with van der Waals surface area (Å²) >= 11 is 3.56. The van der Waals surface area contributed by atoms with Gasteiger partial charge < -0.3 is 5.32 Å². The standard InChI is InChI=1S/C12H13NS2/c1-14-12-7-3-2-6-11(12)13-9-10-5-4-8-15-10/h2-8,13H,9H2,1H3. The zero-order chi connectivity index (χ0) is 10.5. The van der Waals surface area contributed by atoms with Gasteiger partial charge in [-0.2, -0.15) is 0 Å². The van der Waals surface area contributed by atoms with Crippen molar-refractivity contribution in [3.05, 3.63) is 46.7 Å². The minimum absolute atomic E-state index is 0.912. The van der Waals surface area contributed by atoms with Gasteiger partial charge in [0.2, 0.25) is 0 Å². The van der Waals surface area contributed by atoms with E-state index >= 15 is 0 Å². The van der Waals surface area contributed by atoms with E-state index in [1.54, 1.807) is 23.1 Å². The Labute approximate surface area is 98.5 Å². The number of thiophene rings is 1. The maximum Gasteiger partial charge on any atom is 0.0494 e. The second kappa shape index (κ2) is 5.24. The van der Waals surface area contributed by atoms with Crippen molar-refractivity contribution in [3.8, 4) is 0 Å². The summed E-state index contributed by atoms with van der Waals surface area (Å²) in [6, 6.07) is 12.6. The third-order valence-electron chi connectivity index (χ3n) is 2.14. The molecule has 0 spiro atoms. The maximum absolute atomic E-state index is 3.46. The molecule has 1 heterocycles. The maximum atomic E-state index is 3.46. The topological polar surface area (TPSA) is 12.0 Å². The molecule has 1 N–H and O–H groups in total. The number of nitrogens with one attached hydrogen (secondary N) is 1. The highest BCUT2D eigenvalue weighted by molar-refractivity contribution is 7.98. The van der Waals surface area contributed by atoms with Crippen LogP contribution in [0.3, 0.4) is 0 Å². The summed E-state index contributed by atoms with van der Waals surface area (Å²) in [6.45, 7) is 0.912. The van der Waals surface area contributed by atoms with Crippen molar-refractivity contribution in [2.45, 2.75) is 11.4 Å². The molecule has 2 rings (SSSR count). The predicted molar refractivity (Wildman–Crippen MR) is 69.9 cm³/mol. The van der Waals surface area contributed by atoms with Crippen LogP contribution in [-0.4, -0.2) is 6.26 Å². The number of para-hydroxylation sites is 1. The van der Waals surface area contributed by atoms with Crippen LogP contribution in [0.2, 0.25) is 0 Å². The predicted octanol–water partition coefficient (Wildman–Crippen LogP) is 4.08. The fraction of sp³-hybridized carbons (Fsp3) is 0.167. The Morgan fingerprint density at radius 1 is 1.20 bits per heavy atom. The first kappa shape index (κ1) is 10.6. The van der Waals surface area contributed by atoms with E-state index in [-0.39, 0.29) is 0 Å². The highest BCUT2D eigenvalue weighted by atomic mass is 32.2. The Morgan fingerprint density at radius 3 is 2.80 bits per heavy atom. The van der Waals surface area contributed by atoms with Gasteiger partial charge in [0, 0.05) is 22.0 Å². The summed E-state index contributed by atoms with van der Waals surface area (Å²) in [7, 11) is 0. The first-order valence-electron chi connectivity index (χ1n) is 4.79. The van der Waals surface area contributed by atoms with Crippen molar-refractivity contribution >= 4 is 28.8 Å². The Hall–Kier alpha value is -0.930. The van der Waals surface area contributed by atoms with Crippen molar-refractivity contribution in [3.63, 3.8) is 0 Å². The van der Waals surface area contributed by atoms with Gasteiger partial charge in [-0.3, -0.25) is 0 Å². The summed E-state index contributed by atoms with van der Waals surface area (Å²) in [5, 5.41) is 5.56. The van der Waals surface area contributed by atoms with Crippen LogP contribution in [-0.2, 0) is 6.54 Å². The van der Waals surface area contributed by atoms with Gasteiger partial charge in [-0.25, -0.2) is 0 Å². The number of benzene rings is 1. The summed E-state index contributed by atoms with van der Waals surface area (Å²) in [6.07, 6.45) is 2.10. The van der Waals surface area contributed by atoms with Gasteiger partial charge in [-0.05, 0) is 29.8 Å². The number of thioether (sulfide) groups is 1. The molecule has 0 aliphatic carbocycles. The van der Waals surface area contributed by atoms with Crippen LogP contribution in [0.4, 0.5) is 5.69 Å². The molecule has 0 aliphatic heterocycles. The monoisotopic (exact) mass is 235 g/mol. The summed E-state index contributed by atoms with van der Waals surface area (Å²) in [5.74, 6) is 0. The van der Waals surface area contributed by atoms with Gasteiger partial charge in [0.15, 0.2) is 0 Å². The largest absolute Gasteiger partial charge is 0.379 e. The highest BCUT2D eigenvalue weighted by Gasteiger charge is 1.99. The molecule has 3 heteroatoms. The molecule has 0 aliphatic rings. The lowest BCUT2D eigenvalue weighted by Gasteiger charge is -2.08. The van der Waals surface area contributed by atoms with Crippen molar-refractivity contribution < 1.29 is 0 Å². The van der Waals surface area contributed by atoms with E-state index < -0.39 is 0 Å². The fourth-order valence-corrected chi connectivity index (χ4v) is 2.61. The molecule has 0 unspecified atom stereocenters. The molecule has 1 nitrogen and oxygen atoms in total. The molecular formula is C12H13NS2. The molecule has 0 bridgehead atoms. The normalized spacial score (nSPS) is 10.2. The average Bonchev–Trinajstić information content (AvgIpc) is 2.79. The van der Waals surface area contributed by atoms with Gasteiger partial charge >= 0.3 is 0 Å². The molecule has 0 saturated carbocycles. The van der Waals surface area contributed by atoms with Gasteiger partial charge in [-0.15, -0.1) is 23.1 Å². The van der Waals surface area contributed by atoms with Gasteiger partial charge in [0.05, 0.1) is 0 Å². The minimum atomic E-state index is 0.912. The van der Waals surface area contributed by atoms with Crippen LogP contribution >= 0.6 is 23.1 Å². The van der Waals surface area contributed by atoms with Crippen molar-refractivity contribution in [2.75, 3.05) is 11.6 Å². The van der Waals surface area contributed by atoms with Gasteiger partial charge in [0.25, 0.3) is 0 Å². The van der Waals surface area contributed by atoms with Crippen LogP contribution < -0.4 is 5.32 Å². The third kappa shape index (κ3) is 2.76. The number of rotatable bonds is 4. The molecule has 15 heavy (non-hydrogen) atoms. The van der Waals surface area contributed by atoms with E-state index in [2.05, 4.69) is 53.4 Å². The van der Waals surface area contributed by atoms with Crippen LogP contribution in [0.5, 0.6) is 0 Å². The summed E-state index contributed by atoms with van der Waals surface area (Å²) in [5.41, 5.74) is 1.22. The lowest BCUT2D eigenvalue weighted by molar-refractivity contribution is 1.17. The van der Waals surface area contributed by atoms with E-state index in [1.807, 2.05) is 0 Å². The quantitative estimate of drug-likeness (QED) is 0.801. The van der Waals surface area contributed by atoms with E-state index in [9.17, 15) is 0 Å². The molecular weight excluding hydrogens is 222 g/mol. The van der Waals surface area contributed by atoms with Crippen LogP contribution in [0, 0.1) is 0 Å². The first-order chi connectivity index (χ1) is 7.40. The molecule has 0 radical (unpaired) electrons. The molecule has 0 atom stereocenters. The molecule has 1 aromatic heterocycles. The SMILES string of the molecule is CSc1ccccc1NCc1cccs1. The number of anilines is 1. The zero-order valence-corrected chi connectivity index (χ0v) is 10.2. The molecule has 78 valence electrons. The van der Waals surface area contributed by atoms with E-state index in [4.69, 9.17) is 0 Å². The Kier molecular flexibility index (Phi) is 3.69. The number of hydrogen-bond acceptors (Lipinski definition) is 3. The molecule has 0 fully saturated rings. The molecule has 0 amide bonds. The van der Waals surface area contributed by atoms with Crippen LogP contribution in [0.15, 0.2) is 46.7 Å². The second-order valence-electron chi connectivity index (χ2n) is 3.13. The van der Waals surface area contributed by atoms with Gasteiger partial charge in [-0.1, -0.05) is 18.2 Å².